The second-order valence-electron chi connectivity index (χ2n) is 3.35. The zero-order valence-corrected chi connectivity index (χ0v) is 10.2. The first kappa shape index (κ1) is 11.5. The quantitative estimate of drug-likeness (QED) is 0.461. The molecule has 0 amide bonds. The lowest BCUT2D eigenvalue weighted by molar-refractivity contribution is 0.256. The Bertz CT molecular complexity index is 575. The van der Waals surface area contributed by atoms with Crippen molar-refractivity contribution in [2.75, 3.05) is 7.05 Å². The molecular weight excluding hydrogens is 232 g/mol. The molecule has 4 heteroatoms. The van der Waals surface area contributed by atoms with Gasteiger partial charge in [-0.1, -0.05) is 36.5 Å². The molecule has 0 radical (unpaired) electrons. The van der Waals surface area contributed by atoms with E-state index in [1.54, 1.807) is 19.3 Å². The van der Waals surface area contributed by atoms with Crippen LogP contribution in [0.4, 0.5) is 0 Å². The highest BCUT2D eigenvalue weighted by atomic mass is 32.1. The summed E-state index contributed by atoms with van der Waals surface area (Å²) in [5.74, 6) is 0.535. The van der Waals surface area contributed by atoms with Crippen LogP contribution in [0.2, 0.25) is 0 Å². The van der Waals surface area contributed by atoms with Crippen LogP contribution >= 0.6 is 12.2 Å². The standard InChI is InChI=1S/C13H12N2OS/c1-14-13(11-7-3-2-4-8-11)16-15-10-6-5-9-12(15)17/h2-10H,1H3. The molecule has 1 aromatic heterocycles. The number of benzene rings is 1. The molecule has 0 saturated heterocycles. The summed E-state index contributed by atoms with van der Waals surface area (Å²) in [6.45, 7) is 0. The van der Waals surface area contributed by atoms with Crippen LogP contribution < -0.4 is 4.84 Å². The van der Waals surface area contributed by atoms with Crippen molar-refractivity contribution in [2.24, 2.45) is 4.99 Å². The van der Waals surface area contributed by atoms with Crippen molar-refractivity contribution in [3.8, 4) is 0 Å². The molecule has 1 heterocycles. The molecule has 0 aliphatic carbocycles. The maximum Gasteiger partial charge on any atom is 0.249 e. The normalized spacial score (nSPS) is 11.2. The number of aliphatic imine (C=N–C) groups is 1. The largest absolute Gasteiger partial charge is 0.354 e. The van der Waals surface area contributed by atoms with Crippen molar-refractivity contribution in [3.63, 3.8) is 0 Å². The summed E-state index contributed by atoms with van der Waals surface area (Å²) in [5.41, 5.74) is 0.917. The molecule has 3 nitrogen and oxygen atoms in total. The second-order valence-corrected chi connectivity index (χ2v) is 3.77. The zero-order valence-electron chi connectivity index (χ0n) is 9.41. The van der Waals surface area contributed by atoms with E-state index in [-0.39, 0.29) is 0 Å². The van der Waals surface area contributed by atoms with Gasteiger partial charge in [0.2, 0.25) is 5.90 Å². The number of hydrogen-bond acceptors (Lipinski definition) is 3. The van der Waals surface area contributed by atoms with Gasteiger partial charge in [-0.15, -0.1) is 0 Å². The minimum Gasteiger partial charge on any atom is -0.354 e. The predicted octanol–water partition coefficient (Wildman–Crippen LogP) is 2.72. The Kier molecular flexibility index (Phi) is 3.67. The highest BCUT2D eigenvalue weighted by Crippen LogP contribution is 2.01. The van der Waals surface area contributed by atoms with E-state index in [1.165, 1.54) is 4.73 Å². The molecule has 0 N–H and O–H groups in total. The van der Waals surface area contributed by atoms with Crippen LogP contribution in [0.3, 0.4) is 0 Å². The third-order valence-electron chi connectivity index (χ3n) is 2.20. The summed E-state index contributed by atoms with van der Waals surface area (Å²) < 4.78 is 2.12. The highest BCUT2D eigenvalue weighted by molar-refractivity contribution is 7.71. The fourth-order valence-corrected chi connectivity index (χ4v) is 1.56. The lowest BCUT2D eigenvalue weighted by Crippen LogP contribution is -2.21. The summed E-state index contributed by atoms with van der Waals surface area (Å²) in [5, 5.41) is 0. The van der Waals surface area contributed by atoms with Crippen molar-refractivity contribution >= 4 is 18.1 Å². The van der Waals surface area contributed by atoms with Gasteiger partial charge >= 0.3 is 0 Å². The Hall–Kier alpha value is -1.94. The van der Waals surface area contributed by atoms with E-state index in [1.807, 2.05) is 42.5 Å². The maximum atomic E-state index is 5.64. The molecule has 0 saturated carbocycles. The lowest BCUT2D eigenvalue weighted by atomic mass is 10.2. The third kappa shape index (κ3) is 2.79. The van der Waals surface area contributed by atoms with Crippen molar-refractivity contribution in [3.05, 3.63) is 64.9 Å². The van der Waals surface area contributed by atoms with E-state index >= 15 is 0 Å². The van der Waals surface area contributed by atoms with Crippen LogP contribution in [-0.2, 0) is 0 Å². The molecule has 0 bridgehead atoms. The van der Waals surface area contributed by atoms with Crippen molar-refractivity contribution < 1.29 is 4.84 Å². The van der Waals surface area contributed by atoms with Gasteiger partial charge in [-0.2, -0.15) is 4.73 Å². The summed E-state index contributed by atoms with van der Waals surface area (Å²) in [6.07, 6.45) is 1.76. The summed E-state index contributed by atoms with van der Waals surface area (Å²) in [4.78, 5) is 9.76. The number of aromatic nitrogens is 1. The van der Waals surface area contributed by atoms with Crippen LogP contribution in [0.1, 0.15) is 5.56 Å². The SMILES string of the molecule is CN=C(On1ccccc1=S)c1ccccc1. The Balaban J connectivity index is 2.29. The molecule has 0 fully saturated rings. The highest BCUT2D eigenvalue weighted by Gasteiger charge is 2.04. The van der Waals surface area contributed by atoms with Crippen LogP contribution in [0.25, 0.3) is 0 Å². The Morgan fingerprint density at radius 2 is 1.82 bits per heavy atom. The minimum atomic E-state index is 0.535. The Morgan fingerprint density at radius 3 is 2.47 bits per heavy atom. The summed E-state index contributed by atoms with van der Waals surface area (Å²) >= 11 is 5.15. The second kappa shape index (κ2) is 5.41. The molecule has 2 rings (SSSR count). The molecule has 0 spiro atoms. The van der Waals surface area contributed by atoms with Gasteiger partial charge in [-0.05, 0) is 24.3 Å². The molecule has 2 aromatic rings. The van der Waals surface area contributed by atoms with Gasteiger partial charge in [0.05, 0.1) is 0 Å². The molecule has 0 aliphatic rings. The van der Waals surface area contributed by atoms with Crippen LogP contribution in [0, 0.1) is 4.64 Å². The van der Waals surface area contributed by atoms with Crippen molar-refractivity contribution in [1.82, 2.24) is 4.73 Å². The molecular formula is C13H12N2OS. The van der Waals surface area contributed by atoms with Crippen LogP contribution in [0.5, 0.6) is 0 Å². The fourth-order valence-electron chi connectivity index (χ4n) is 1.38. The van der Waals surface area contributed by atoms with E-state index in [9.17, 15) is 0 Å². The Morgan fingerprint density at radius 1 is 1.12 bits per heavy atom. The van der Waals surface area contributed by atoms with E-state index in [2.05, 4.69) is 4.99 Å². The van der Waals surface area contributed by atoms with E-state index in [0.717, 1.165) is 5.56 Å². The van der Waals surface area contributed by atoms with E-state index < -0.39 is 0 Å². The van der Waals surface area contributed by atoms with Crippen molar-refractivity contribution in [1.29, 1.82) is 0 Å². The van der Waals surface area contributed by atoms with Gasteiger partial charge in [0, 0.05) is 18.8 Å². The van der Waals surface area contributed by atoms with Gasteiger partial charge in [-0.3, -0.25) is 4.99 Å². The number of nitrogens with zero attached hydrogens (tertiary/aromatic N) is 2. The van der Waals surface area contributed by atoms with Gasteiger partial charge in [-0.25, -0.2) is 0 Å². The molecule has 0 aliphatic heterocycles. The fraction of sp³-hybridized carbons (Fsp3) is 0.0769. The molecule has 1 aromatic carbocycles. The first-order valence-electron chi connectivity index (χ1n) is 5.19. The first-order chi connectivity index (χ1) is 8.31. The van der Waals surface area contributed by atoms with Gasteiger partial charge in [0.25, 0.3) is 0 Å². The smallest absolute Gasteiger partial charge is 0.249 e. The summed E-state index contributed by atoms with van der Waals surface area (Å²) in [6, 6.07) is 15.2. The monoisotopic (exact) mass is 244 g/mol. The lowest BCUT2D eigenvalue weighted by Gasteiger charge is -2.10. The maximum absolute atomic E-state index is 5.64. The predicted molar refractivity (Wildman–Crippen MR) is 70.7 cm³/mol. The van der Waals surface area contributed by atoms with Crippen molar-refractivity contribution in [2.45, 2.75) is 0 Å². The van der Waals surface area contributed by atoms with Crippen LogP contribution in [-0.4, -0.2) is 17.7 Å². The van der Waals surface area contributed by atoms with Gasteiger partial charge in [0.15, 0.2) is 0 Å². The Labute approximate surface area is 105 Å². The van der Waals surface area contributed by atoms with Gasteiger partial charge in [0.1, 0.15) is 4.64 Å². The average molecular weight is 244 g/mol. The number of pyridine rings is 1. The third-order valence-corrected chi connectivity index (χ3v) is 2.51. The molecule has 17 heavy (non-hydrogen) atoms. The summed E-state index contributed by atoms with van der Waals surface area (Å²) in [7, 11) is 1.69. The first-order valence-corrected chi connectivity index (χ1v) is 5.60. The number of hydrogen-bond donors (Lipinski definition) is 0. The average Bonchev–Trinajstić information content (AvgIpc) is 2.39. The number of rotatable bonds is 2. The van der Waals surface area contributed by atoms with Crippen LogP contribution in [0.15, 0.2) is 59.7 Å². The minimum absolute atomic E-state index is 0.535. The topological polar surface area (TPSA) is 26.5 Å². The van der Waals surface area contributed by atoms with E-state index in [4.69, 9.17) is 17.1 Å². The van der Waals surface area contributed by atoms with E-state index in [0.29, 0.717) is 10.5 Å². The zero-order chi connectivity index (χ0) is 12.1. The molecule has 86 valence electrons. The van der Waals surface area contributed by atoms with Gasteiger partial charge < -0.3 is 4.84 Å². The molecule has 0 atom stereocenters. The molecule has 0 unspecified atom stereocenters.